The van der Waals surface area contributed by atoms with Gasteiger partial charge in [0.05, 0.1) is 15.6 Å². The van der Waals surface area contributed by atoms with Gasteiger partial charge in [-0.25, -0.2) is 4.68 Å². The van der Waals surface area contributed by atoms with Gasteiger partial charge in [-0.1, -0.05) is 23.2 Å². The molecular weight excluding hydrogens is 472 g/mol. The molecule has 0 aliphatic carbocycles. The quantitative estimate of drug-likeness (QED) is 0.360. The van der Waals surface area contributed by atoms with Gasteiger partial charge in [-0.15, -0.1) is 0 Å². The molecule has 0 saturated heterocycles. The van der Waals surface area contributed by atoms with E-state index in [2.05, 4.69) is 5.10 Å². The summed E-state index contributed by atoms with van der Waals surface area (Å²) in [4.78, 5) is 0. The van der Waals surface area contributed by atoms with Crippen LogP contribution in [-0.4, -0.2) is 15.3 Å². The highest BCUT2D eigenvalue weighted by Crippen LogP contribution is 2.45. The molecule has 0 N–H and O–H groups in total. The molecule has 0 saturated carbocycles. The molecule has 0 bridgehead atoms. The number of hydrogen-bond donors (Lipinski definition) is 0. The van der Waals surface area contributed by atoms with E-state index in [0.717, 1.165) is 6.07 Å². The van der Waals surface area contributed by atoms with Crippen LogP contribution in [0.3, 0.4) is 0 Å². The minimum atomic E-state index is -5.33. The van der Waals surface area contributed by atoms with Crippen LogP contribution in [0, 0.1) is 11.3 Å². The predicted octanol–water partition coefficient (Wildman–Crippen LogP) is 6.70. The number of thioether (sulfide) groups is 1. The first-order valence-corrected chi connectivity index (χ1v) is 8.06. The number of halogens is 11. The zero-order valence-electron chi connectivity index (χ0n) is 12.6. The molecule has 0 aliphatic heterocycles. The molecular formula is C13H2Cl2F9N3S. The summed E-state index contributed by atoms with van der Waals surface area (Å²) in [6, 6.07) is 1.48. The topological polar surface area (TPSA) is 41.6 Å². The van der Waals surface area contributed by atoms with Crippen molar-refractivity contribution in [1.82, 2.24) is 9.78 Å². The van der Waals surface area contributed by atoms with Gasteiger partial charge in [0.1, 0.15) is 22.3 Å². The van der Waals surface area contributed by atoms with Gasteiger partial charge in [0, 0.05) is 11.8 Å². The molecule has 2 aromatic rings. The van der Waals surface area contributed by atoms with Gasteiger partial charge in [0.25, 0.3) is 0 Å². The van der Waals surface area contributed by atoms with Gasteiger partial charge in [0.2, 0.25) is 0 Å². The summed E-state index contributed by atoms with van der Waals surface area (Å²) >= 11 is 10.2. The first-order valence-electron chi connectivity index (χ1n) is 6.49. The normalized spacial score (nSPS) is 12.9. The molecule has 0 spiro atoms. The Kier molecular flexibility index (Phi) is 5.82. The van der Waals surface area contributed by atoms with Crippen molar-refractivity contribution in [2.45, 2.75) is 22.9 Å². The Morgan fingerprint density at radius 2 is 1.43 bits per heavy atom. The van der Waals surface area contributed by atoms with E-state index >= 15 is 0 Å². The van der Waals surface area contributed by atoms with Crippen molar-refractivity contribution in [3.05, 3.63) is 39.0 Å². The van der Waals surface area contributed by atoms with Crippen molar-refractivity contribution < 1.29 is 39.5 Å². The maximum atomic E-state index is 13.1. The number of benzene rings is 1. The third kappa shape index (κ3) is 4.61. The van der Waals surface area contributed by atoms with E-state index in [1.54, 1.807) is 0 Å². The lowest BCUT2D eigenvalue weighted by atomic mass is 10.2. The summed E-state index contributed by atoms with van der Waals surface area (Å²) in [5.41, 5.74) is -10.9. The fourth-order valence-corrected chi connectivity index (χ4v) is 3.32. The average Bonchev–Trinajstić information content (AvgIpc) is 2.82. The molecule has 0 aliphatic rings. The summed E-state index contributed by atoms with van der Waals surface area (Å²) in [5.74, 6) is 0. The van der Waals surface area contributed by atoms with Gasteiger partial charge >= 0.3 is 17.9 Å². The second-order valence-corrected chi connectivity index (χ2v) is 6.75. The van der Waals surface area contributed by atoms with E-state index in [0.29, 0.717) is 0 Å². The number of alkyl halides is 9. The van der Waals surface area contributed by atoms with Crippen molar-refractivity contribution in [3.8, 4) is 11.8 Å². The Labute approximate surface area is 163 Å². The molecule has 0 radical (unpaired) electrons. The van der Waals surface area contributed by atoms with Crippen LogP contribution in [-0.2, 0) is 12.4 Å². The van der Waals surface area contributed by atoms with Crippen molar-refractivity contribution >= 4 is 35.0 Å². The first-order chi connectivity index (χ1) is 12.6. The fourth-order valence-electron chi connectivity index (χ4n) is 1.99. The molecule has 0 atom stereocenters. The zero-order chi connectivity index (χ0) is 21.7. The largest absolute Gasteiger partial charge is 0.447 e. The Balaban J connectivity index is 2.86. The van der Waals surface area contributed by atoms with Crippen LogP contribution in [0.2, 0.25) is 10.0 Å². The zero-order valence-corrected chi connectivity index (χ0v) is 14.9. The Morgan fingerprint density at radius 1 is 0.929 bits per heavy atom. The maximum Gasteiger partial charge on any atom is 0.447 e. The lowest BCUT2D eigenvalue weighted by Gasteiger charge is -2.14. The van der Waals surface area contributed by atoms with Crippen LogP contribution < -0.4 is 0 Å². The summed E-state index contributed by atoms with van der Waals surface area (Å²) in [6.45, 7) is 0. The van der Waals surface area contributed by atoms with Crippen LogP contribution in [0.5, 0.6) is 0 Å². The van der Waals surface area contributed by atoms with Gasteiger partial charge in [-0.2, -0.15) is 49.9 Å². The number of nitrogens with zero attached hydrogens (tertiary/aromatic N) is 3. The van der Waals surface area contributed by atoms with E-state index in [-0.39, 0.29) is 16.8 Å². The molecule has 2 rings (SSSR count). The van der Waals surface area contributed by atoms with Gasteiger partial charge in [-0.05, 0) is 12.1 Å². The first kappa shape index (κ1) is 22.5. The van der Waals surface area contributed by atoms with Gasteiger partial charge in [-0.3, -0.25) is 0 Å². The third-order valence-electron chi connectivity index (χ3n) is 2.99. The van der Waals surface area contributed by atoms with Crippen LogP contribution in [0.4, 0.5) is 39.5 Å². The molecule has 152 valence electrons. The fraction of sp³-hybridized carbons (Fsp3) is 0.231. The van der Waals surface area contributed by atoms with E-state index in [9.17, 15) is 39.5 Å². The summed E-state index contributed by atoms with van der Waals surface area (Å²) < 4.78 is 116. The predicted molar refractivity (Wildman–Crippen MR) is 80.2 cm³/mol. The molecule has 0 fully saturated rings. The Bertz CT molecular complexity index is 931. The molecule has 3 nitrogen and oxygen atoms in total. The van der Waals surface area contributed by atoms with E-state index < -0.39 is 67.2 Å². The Morgan fingerprint density at radius 3 is 1.79 bits per heavy atom. The number of rotatable bonds is 2. The second-order valence-electron chi connectivity index (χ2n) is 4.88. The van der Waals surface area contributed by atoms with Crippen LogP contribution in [0.1, 0.15) is 16.8 Å². The van der Waals surface area contributed by atoms with Crippen LogP contribution in [0.15, 0.2) is 17.2 Å². The van der Waals surface area contributed by atoms with Crippen molar-refractivity contribution in [2.75, 3.05) is 0 Å². The minimum Gasteiger partial charge on any atom is -0.222 e. The number of hydrogen-bond acceptors (Lipinski definition) is 3. The molecule has 1 aromatic carbocycles. The highest BCUT2D eigenvalue weighted by atomic mass is 35.5. The maximum absolute atomic E-state index is 13.1. The highest BCUT2D eigenvalue weighted by Gasteiger charge is 2.43. The van der Waals surface area contributed by atoms with Crippen LogP contribution in [0.25, 0.3) is 5.69 Å². The molecule has 1 aromatic heterocycles. The summed E-state index contributed by atoms with van der Waals surface area (Å²) in [5, 5.41) is 8.62. The number of aromatic nitrogens is 2. The monoisotopic (exact) mass is 473 g/mol. The van der Waals surface area contributed by atoms with Crippen molar-refractivity contribution in [3.63, 3.8) is 0 Å². The SMILES string of the molecule is N#Cc1c(C(F)(F)F)nn(-c2c(Cl)cc(C(F)(F)F)cc2Cl)c1SC(F)(F)F. The van der Waals surface area contributed by atoms with E-state index in [1.165, 1.54) is 0 Å². The minimum absolute atomic E-state index is 0.0512. The smallest absolute Gasteiger partial charge is 0.222 e. The summed E-state index contributed by atoms with van der Waals surface area (Å²) in [6.07, 6.45) is -10.3. The highest BCUT2D eigenvalue weighted by molar-refractivity contribution is 8.00. The standard InChI is InChI=1S/C13H2Cl2F9N3S/c14-6-1-4(11(16,17)18)2-7(15)8(6)27-10(28-13(22,23)24)5(3-25)9(26-27)12(19,20)21/h1-2H. The van der Waals surface area contributed by atoms with E-state index in [4.69, 9.17) is 28.5 Å². The lowest BCUT2D eigenvalue weighted by Crippen LogP contribution is -2.10. The Hall–Kier alpha value is -1.78. The molecule has 28 heavy (non-hydrogen) atoms. The van der Waals surface area contributed by atoms with Crippen molar-refractivity contribution in [2.24, 2.45) is 0 Å². The molecule has 0 amide bonds. The van der Waals surface area contributed by atoms with Crippen LogP contribution >= 0.6 is 35.0 Å². The average molecular weight is 474 g/mol. The molecule has 15 heteroatoms. The van der Waals surface area contributed by atoms with Gasteiger partial charge < -0.3 is 0 Å². The second kappa shape index (κ2) is 7.23. The van der Waals surface area contributed by atoms with E-state index in [1.807, 2.05) is 0 Å². The molecule has 1 heterocycles. The lowest BCUT2D eigenvalue weighted by molar-refractivity contribution is -0.141. The third-order valence-corrected chi connectivity index (χ3v) is 4.37. The van der Waals surface area contributed by atoms with Crippen molar-refractivity contribution in [1.29, 1.82) is 5.26 Å². The summed E-state index contributed by atoms with van der Waals surface area (Å²) in [7, 11) is 0. The van der Waals surface area contributed by atoms with Gasteiger partial charge in [0.15, 0.2) is 5.69 Å². The number of nitriles is 1. The molecule has 0 unspecified atom stereocenters.